The zero-order valence-corrected chi connectivity index (χ0v) is 9.31. The highest BCUT2D eigenvalue weighted by Crippen LogP contribution is 2.30. The Balaban J connectivity index is 1.96. The summed E-state index contributed by atoms with van der Waals surface area (Å²) >= 11 is 0. The van der Waals surface area contributed by atoms with Gasteiger partial charge >= 0.3 is 0 Å². The van der Waals surface area contributed by atoms with Crippen molar-refractivity contribution in [3.05, 3.63) is 0 Å². The molecule has 1 heteroatoms. The van der Waals surface area contributed by atoms with Crippen LogP contribution in [-0.4, -0.2) is 13.1 Å². The minimum absolute atomic E-state index is 1.00. The molecule has 78 valence electrons. The summed E-state index contributed by atoms with van der Waals surface area (Å²) in [5.74, 6) is 2.06. The van der Waals surface area contributed by atoms with Crippen molar-refractivity contribution in [1.29, 1.82) is 0 Å². The number of hydrogen-bond donors (Lipinski definition) is 1. The Labute approximate surface area is 83.3 Å². The zero-order valence-electron chi connectivity index (χ0n) is 9.31. The third kappa shape index (κ3) is 4.66. The molecule has 1 N–H and O–H groups in total. The van der Waals surface area contributed by atoms with Gasteiger partial charge in [0, 0.05) is 0 Å². The van der Waals surface area contributed by atoms with Crippen molar-refractivity contribution in [2.45, 2.75) is 52.4 Å². The summed E-state index contributed by atoms with van der Waals surface area (Å²) in [7, 11) is 0. The Morgan fingerprint density at radius 2 is 1.85 bits per heavy atom. The van der Waals surface area contributed by atoms with Crippen molar-refractivity contribution in [2.24, 2.45) is 11.8 Å². The van der Waals surface area contributed by atoms with Gasteiger partial charge in [-0.05, 0) is 37.8 Å². The lowest BCUT2D eigenvalue weighted by Crippen LogP contribution is -2.17. The van der Waals surface area contributed by atoms with Crippen LogP contribution in [0.5, 0.6) is 0 Å². The summed E-state index contributed by atoms with van der Waals surface area (Å²) in [6.07, 6.45) is 8.78. The third-order valence-electron chi connectivity index (χ3n) is 3.35. The molecule has 0 unspecified atom stereocenters. The second-order valence-electron chi connectivity index (χ2n) is 4.62. The van der Waals surface area contributed by atoms with Crippen molar-refractivity contribution in [3.8, 4) is 0 Å². The fourth-order valence-electron chi connectivity index (χ4n) is 2.31. The van der Waals surface area contributed by atoms with E-state index in [0.717, 1.165) is 18.4 Å². The van der Waals surface area contributed by atoms with Gasteiger partial charge in [0.05, 0.1) is 0 Å². The number of nitrogens with one attached hydrogen (secondary N) is 1. The van der Waals surface area contributed by atoms with E-state index in [9.17, 15) is 0 Å². The van der Waals surface area contributed by atoms with Gasteiger partial charge in [0.1, 0.15) is 0 Å². The zero-order chi connectivity index (χ0) is 9.52. The van der Waals surface area contributed by atoms with Crippen LogP contribution in [0.1, 0.15) is 52.4 Å². The highest BCUT2D eigenvalue weighted by Gasteiger charge is 2.17. The fourth-order valence-corrected chi connectivity index (χ4v) is 2.31. The highest BCUT2D eigenvalue weighted by atomic mass is 14.8. The molecule has 0 bridgehead atoms. The van der Waals surface area contributed by atoms with Gasteiger partial charge < -0.3 is 5.32 Å². The van der Waals surface area contributed by atoms with E-state index in [-0.39, 0.29) is 0 Å². The van der Waals surface area contributed by atoms with Crippen LogP contribution >= 0.6 is 0 Å². The normalized spacial score (nSPS) is 29.1. The molecule has 1 fully saturated rings. The summed E-state index contributed by atoms with van der Waals surface area (Å²) < 4.78 is 0. The average Bonchev–Trinajstić information content (AvgIpc) is 2.15. The first-order chi connectivity index (χ1) is 6.33. The van der Waals surface area contributed by atoms with Gasteiger partial charge in [0.25, 0.3) is 0 Å². The molecule has 0 aliphatic heterocycles. The van der Waals surface area contributed by atoms with E-state index >= 15 is 0 Å². The van der Waals surface area contributed by atoms with Crippen molar-refractivity contribution in [1.82, 2.24) is 5.32 Å². The summed E-state index contributed by atoms with van der Waals surface area (Å²) in [5, 5.41) is 3.40. The van der Waals surface area contributed by atoms with E-state index in [2.05, 4.69) is 19.2 Å². The SMILES string of the molecule is CCNCCCC1CCC(C)CC1. The monoisotopic (exact) mass is 183 g/mol. The molecule has 0 aromatic heterocycles. The van der Waals surface area contributed by atoms with E-state index in [0.29, 0.717) is 0 Å². The van der Waals surface area contributed by atoms with E-state index in [1.54, 1.807) is 0 Å². The molecule has 1 nitrogen and oxygen atoms in total. The Bertz CT molecular complexity index is 114. The van der Waals surface area contributed by atoms with E-state index in [1.165, 1.54) is 45.1 Å². The molecule has 0 aromatic carbocycles. The number of rotatable bonds is 5. The van der Waals surface area contributed by atoms with Crippen LogP contribution in [0, 0.1) is 11.8 Å². The molecular formula is C12H25N. The maximum Gasteiger partial charge on any atom is -0.00489 e. The maximum atomic E-state index is 3.40. The first kappa shape index (κ1) is 11.0. The predicted molar refractivity (Wildman–Crippen MR) is 58.9 cm³/mol. The number of hydrogen-bond acceptors (Lipinski definition) is 1. The Hall–Kier alpha value is -0.0400. The van der Waals surface area contributed by atoms with Gasteiger partial charge in [-0.3, -0.25) is 0 Å². The molecule has 0 amide bonds. The van der Waals surface area contributed by atoms with Crippen LogP contribution < -0.4 is 5.32 Å². The third-order valence-corrected chi connectivity index (χ3v) is 3.35. The smallest absolute Gasteiger partial charge is 0.00489 e. The van der Waals surface area contributed by atoms with Crippen LogP contribution in [0.4, 0.5) is 0 Å². The van der Waals surface area contributed by atoms with Gasteiger partial charge in [-0.1, -0.05) is 39.5 Å². The van der Waals surface area contributed by atoms with Crippen LogP contribution in [0.3, 0.4) is 0 Å². The Morgan fingerprint density at radius 1 is 1.15 bits per heavy atom. The standard InChI is InChI=1S/C12H25N/c1-3-13-10-4-5-12-8-6-11(2)7-9-12/h11-13H,3-10H2,1-2H3. The molecule has 0 aromatic rings. The Morgan fingerprint density at radius 3 is 2.46 bits per heavy atom. The summed E-state index contributed by atoms with van der Waals surface area (Å²) in [5.41, 5.74) is 0. The maximum absolute atomic E-state index is 3.40. The largest absolute Gasteiger partial charge is 0.317 e. The fraction of sp³-hybridized carbons (Fsp3) is 1.00. The van der Waals surface area contributed by atoms with Gasteiger partial charge in [-0.2, -0.15) is 0 Å². The van der Waals surface area contributed by atoms with Gasteiger partial charge in [-0.25, -0.2) is 0 Å². The lowest BCUT2D eigenvalue weighted by molar-refractivity contribution is 0.273. The van der Waals surface area contributed by atoms with E-state index in [1.807, 2.05) is 0 Å². The van der Waals surface area contributed by atoms with E-state index in [4.69, 9.17) is 0 Å². The predicted octanol–water partition coefficient (Wildman–Crippen LogP) is 3.20. The minimum atomic E-state index is 1.00. The van der Waals surface area contributed by atoms with Crippen LogP contribution in [-0.2, 0) is 0 Å². The second-order valence-corrected chi connectivity index (χ2v) is 4.62. The molecule has 0 radical (unpaired) electrons. The molecule has 1 saturated carbocycles. The summed E-state index contributed by atoms with van der Waals surface area (Å²) in [6, 6.07) is 0. The van der Waals surface area contributed by atoms with Gasteiger partial charge in [0.15, 0.2) is 0 Å². The van der Waals surface area contributed by atoms with Gasteiger partial charge in [0.2, 0.25) is 0 Å². The van der Waals surface area contributed by atoms with Crippen LogP contribution in [0.15, 0.2) is 0 Å². The average molecular weight is 183 g/mol. The van der Waals surface area contributed by atoms with Crippen molar-refractivity contribution < 1.29 is 0 Å². The molecule has 1 aliphatic rings. The first-order valence-electron chi connectivity index (χ1n) is 6.03. The quantitative estimate of drug-likeness (QED) is 0.645. The lowest BCUT2D eigenvalue weighted by Gasteiger charge is -2.25. The molecule has 13 heavy (non-hydrogen) atoms. The molecule has 0 atom stereocenters. The molecular weight excluding hydrogens is 158 g/mol. The summed E-state index contributed by atoms with van der Waals surface area (Å²) in [6.45, 7) is 6.93. The first-order valence-corrected chi connectivity index (χ1v) is 6.03. The second kappa shape index (κ2) is 6.42. The molecule has 0 heterocycles. The van der Waals surface area contributed by atoms with Gasteiger partial charge in [-0.15, -0.1) is 0 Å². The van der Waals surface area contributed by atoms with Crippen molar-refractivity contribution in [2.75, 3.05) is 13.1 Å². The van der Waals surface area contributed by atoms with Crippen LogP contribution in [0.25, 0.3) is 0 Å². The molecule has 0 spiro atoms. The lowest BCUT2D eigenvalue weighted by atomic mass is 9.81. The molecule has 1 rings (SSSR count). The minimum Gasteiger partial charge on any atom is -0.317 e. The topological polar surface area (TPSA) is 12.0 Å². The highest BCUT2D eigenvalue weighted by molar-refractivity contribution is 4.70. The Kier molecular flexibility index (Phi) is 5.45. The van der Waals surface area contributed by atoms with Crippen molar-refractivity contribution in [3.63, 3.8) is 0 Å². The summed E-state index contributed by atoms with van der Waals surface area (Å²) in [4.78, 5) is 0. The molecule has 0 saturated heterocycles. The van der Waals surface area contributed by atoms with Crippen molar-refractivity contribution >= 4 is 0 Å². The molecule has 1 aliphatic carbocycles. The van der Waals surface area contributed by atoms with E-state index < -0.39 is 0 Å². The van der Waals surface area contributed by atoms with Crippen LogP contribution in [0.2, 0.25) is 0 Å².